The molecule has 0 fully saturated rings. The molecular formula is C15H23ClN2O2. The standard InChI is InChI=1S/C15H23ClN2O2/c1-10(2)7-13(17)15(19)18(3)9-11-8-12(16)5-6-14(11)20-4/h5-6,8,10,13H,7,9,17H2,1-4H3/t13-/m0/s1. The molecule has 1 aromatic carbocycles. The minimum atomic E-state index is -0.467. The van der Waals surface area contributed by atoms with E-state index in [2.05, 4.69) is 0 Å². The van der Waals surface area contributed by atoms with Gasteiger partial charge >= 0.3 is 0 Å². The summed E-state index contributed by atoms with van der Waals surface area (Å²) in [5.41, 5.74) is 6.79. The van der Waals surface area contributed by atoms with Crippen molar-refractivity contribution in [2.45, 2.75) is 32.9 Å². The number of methoxy groups -OCH3 is 1. The molecule has 0 unspecified atom stereocenters. The first-order valence-corrected chi connectivity index (χ1v) is 7.06. The Kier molecular flexibility index (Phi) is 6.30. The average molecular weight is 299 g/mol. The number of halogens is 1. The lowest BCUT2D eigenvalue weighted by molar-refractivity contribution is -0.132. The van der Waals surface area contributed by atoms with Gasteiger partial charge < -0.3 is 15.4 Å². The summed E-state index contributed by atoms with van der Waals surface area (Å²) in [4.78, 5) is 13.8. The third-order valence-electron chi connectivity index (χ3n) is 3.07. The third kappa shape index (κ3) is 4.69. The predicted molar refractivity (Wildman–Crippen MR) is 81.9 cm³/mol. The highest BCUT2D eigenvalue weighted by molar-refractivity contribution is 6.30. The van der Waals surface area contributed by atoms with Gasteiger partial charge in [-0.2, -0.15) is 0 Å². The van der Waals surface area contributed by atoms with Crippen molar-refractivity contribution in [2.24, 2.45) is 11.7 Å². The molecule has 0 spiro atoms. The number of hydrogen-bond donors (Lipinski definition) is 1. The van der Waals surface area contributed by atoms with Crippen LogP contribution >= 0.6 is 11.6 Å². The van der Waals surface area contributed by atoms with Gasteiger partial charge in [0.05, 0.1) is 13.2 Å². The van der Waals surface area contributed by atoms with Crippen molar-refractivity contribution in [2.75, 3.05) is 14.2 Å². The van der Waals surface area contributed by atoms with E-state index in [9.17, 15) is 4.79 Å². The molecule has 20 heavy (non-hydrogen) atoms. The SMILES string of the molecule is COc1ccc(Cl)cc1CN(C)C(=O)[C@@H](N)CC(C)C. The molecule has 0 saturated carbocycles. The summed E-state index contributed by atoms with van der Waals surface area (Å²) in [7, 11) is 3.34. The van der Waals surface area contributed by atoms with Crippen LogP contribution in [0.2, 0.25) is 5.02 Å². The molecule has 0 radical (unpaired) electrons. The predicted octanol–water partition coefficient (Wildman–Crippen LogP) is 2.68. The average Bonchev–Trinajstić information content (AvgIpc) is 2.37. The van der Waals surface area contributed by atoms with Gasteiger partial charge in [-0.1, -0.05) is 25.4 Å². The van der Waals surface area contributed by atoms with E-state index in [1.807, 2.05) is 13.8 Å². The number of nitrogens with zero attached hydrogens (tertiary/aromatic N) is 1. The number of likely N-dealkylation sites (N-methyl/N-ethyl adjacent to an activating group) is 1. The quantitative estimate of drug-likeness (QED) is 0.878. The van der Waals surface area contributed by atoms with Crippen LogP contribution in [0, 0.1) is 5.92 Å². The van der Waals surface area contributed by atoms with Gasteiger partial charge in [-0.15, -0.1) is 0 Å². The van der Waals surface area contributed by atoms with Crippen molar-refractivity contribution in [3.63, 3.8) is 0 Å². The fraction of sp³-hybridized carbons (Fsp3) is 0.533. The highest BCUT2D eigenvalue weighted by Gasteiger charge is 2.20. The van der Waals surface area contributed by atoms with Gasteiger partial charge in [-0.25, -0.2) is 0 Å². The minimum Gasteiger partial charge on any atom is -0.496 e. The van der Waals surface area contributed by atoms with Crippen LogP contribution in [0.25, 0.3) is 0 Å². The van der Waals surface area contributed by atoms with Crippen molar-refractivity contribution in [1.82, 2.24) is 4.90 Å². The minimum absolute atomic E-state index is 0.0688. The highest BCUT2D eigenvalue weighted by atomic mass is 35.5. The van der Waals surface area contributed by atoms with Gasteiger partial charge in [0.2, 0.25) is 5.91 Å². The zero-order chi connectivity index (χ0) is 15.3. The van der Waals surface area contributed by atoms with Gasteiger partial charge in [0.15, 0.2) is 0 Å². The Morgan fingerprint density at radius 2 is 2.10 bits per heavy atom. The zero-order valence-corrected chi connectivity index (χ0v) is 13.3. The molecule has 1 rings (SSSR count). The number of carbonyl (C=O) groups excluding carboxylic acids is 1. The van der Waals surface area contributed by atoms with Crippen molar-refractivity contribution in [1.29, 1.82) is 0 Å². The maximum absolute atomic E-state index is 12.2. The molecule has 0 aromatic heterocycles. The number of benzene rings is 1. The first-order valence-electron chi connectivity index (χ1n) is 6.68. The molecule has 0 bridgehead atoms. The van der Waals surface area contributed by atoms with Crippen LogP contribution in [-0.4, -0.2) is 31.0 Å². The molecule has 4 nitrogen and oxygen atoms in total. The fourth-order valence-electron chi connectivity index (χ4n) is 2.10. The fourth-order valence-corrected chi connectivity index (χ4v) is 2.29. The second-order valence-corrected chi connectivity index (χ2v) is 5.82. The number of hydrogen-bond acceptors (Lipinski definition) is 3. The Labute approximate surface area is 125 Å². The monoisotopic (exact) mass is 298 g/mol. The number of amides is 1. The van der Waals surface area contributed by atoms with Crippen LogP contribution in [0.4, 0.5) is 0 Å². The molecule has 0 saturated heterocycles. The van der Waals surface area contributed by atoms with Crippen molar-refractivity contribution < 1.29 is 9.53 Å². The summed E-state index contributed by atoms with van der Waals surface area (Å²) in [6, 6.07) is 4.89. The summed E-state index contributed by atoms with van der Waals surface area (Å²) in [6.07, 6.45) is 0.676. The number of carbonyl (C=O) groups is 1. The lowest BCUT2D eigenvalue weighted by Gasteiger charge is -2.23. The second-order valence-electron chi connectivity index (χ2n) is 5.39. The van der Waals surface area contributed by atoms with Crippen LogP contribution in [0.3, 0.4) is 0 Å². The maximum Gasteiger partial charge on any atom is 0.239 e. The van der Waals surface area contributed by atoms with Crippen molar-refractivity contribution in [3.05, 3.63) is 28.8 Å². The molecular weight excluding hydrogens is 276 g/mol. The lowest BCUT2D eigenvalue weighted by Crippen LogP contribution is -2.42. The summed E-state index contributed by atoms with van der Waals surface area (Å²) < 4.78 is 5.28. The van der Waals surface area contributed by atoms with Crippen LogP contribution in [0.15, 0.2) is 18.2 Å². The highest BCUT2D eigenvalue weighted by Crippen LogP contribution is 2.24. The molecule has 0 aliphatic rings. The maximum atomic E-state index is 12.2. The van der Waals surface area contributed by atoms with E-state index < -0.39 is 6.04 Å². The summed E-state index contributed by atoms with van der Waals surface area (Å²) in [5, 5.41) is 0.619. The molecule has 5 heteroatoms. The Hall–Kier alpha value is -1.26. The molecule has 0 aliphatic heterocycles. The topological polar surface area (TPSA) is 55.6 Å². The lowest BCUT2D eigenvalue weighted by atomic mass is 10.0. The van der Waals surface area contributed by atoms with Crippen LogP contribution in [0.5, 0.6) is 5.75 Å². The summed E-state index contributed by atoms with van der Waals surface area (Å²) in [5.74, 6) is 1.04. The van der Waals surface area contributed by atoms with Crippen LogP contribution in [-0.2, 0) is 11.3 Å². The summed E-state index contributed by atoms with van der Waals surface area (Å²) >= 11 is 5.98. The summed E-state index contributed by atoms with van der Waals surface area (Å²) in [6.45, 7) is 4.52. The molecule has 1 amide bonds. The smallest absolute Gasteiger partial charge is 0.239 e. The second kappa shape index (κ2) is 7.50. The number of ether oxygens (including phenoxy) is 1. The van der Waals surface area contributed by atoms with Crippen molar-refractivity contribution >= 4 is 17.5 Å². The van der Waals surface area contributed by atoms with Gasteiger partial charge in [0.25, 0.3) is 0 Å². The zero-order valence-electron chi connectivity index (χ0n) is 12.5. The van der Waals surface area contributed by atoms with E-state index in [4.69, 9.17) is 22.1 Å². The van der Waals surface area contributed by atoms with Gasteiger partial charge in [0, 0.05) is 24.2 Å². The molecule has 0 aliphatic carbocycles. The largest absolute Gasteiger partial charge is 0.496 e. The molecule has 1 aromatic rings. The van der Waals surface area contributed by atoms with E-state index in [1.54, 1.807) is 37.3 Å². The van der Waals surface area contributed by atoms with Crippen molar-refractivity contribution in [3.8, 4) is 5.75 Å². The van der Waals surface area contributed by atoms with E-state index >= 15 is 0 Å². The van der Waals surface area contributed by atoms with Gasteiger partial charge in [-0.3, -0.25) is 4.79 Å². The van der Waals surface area contributed by atoms with Crippen LogP contribution < -0.4 is 10.5 Å². The van der Waals surface area contributed by atoms with Gasteiger partial charge in [0.1, 0.15) is 5.75 Å². The third-order valence-corrected chi connectivity index (χ3v) is 3.30. The molecule has 1 atom stereocenters. The molecule has 2 N–H and O–H groups in total. The first-order chi connectivity index (χ1) is 9.35. The Morgan fingerprint density at radius 3 is 2.65 bits per heavy atom. The first kappa shape index (κ1) is 16.8. The number of nitrogens with two attached hydrogens (primary N) is 1. The molecule has 0 heterocycles. The normalized spacial score (nSPS) is 12.3. The van der Waals surface area contributed by atoms with E-state index in [1.165, 1.54) is 0 Å². The van der Waals surface area contributed by atoms with E-state index in [0.29, 0.717) is 29.7 Å². The van der Waals surface area contributed by atoms with Crippen LogP contribution in [0.1, 0.15) is 25.8 Å². The Balaban J connectivity index is 2.77. The molecule has 112 valence electrons. The van der Waals surface area contributed by atoms with E-state index in [0.717, 1.165) is 5.56 Å². The Morgan fingerprint density at radius 1 is 1.45 bits per heavy atom. The number of rotatable bonds is 6. The Bertz CT molecular complexity index is 463. The van der Waals surface area contributed by atoms with Gasteiger partial charge in [-0.05, 0) is 30.5 Å². The van der Waals surface area contributed by atoms with E-state index in [-0.39, 0.29) is 5.91 Å².